The molecular weight excluding hydrogens is 520 g/mol. The molecule has 226 valence electrons. The van der Waals surface area contributed by atoms with Gasteiger partial charge >= 0.3 is 0 Å². The van der Waals surface area contributed by atoms with Crippen LogP contribution >= 0.6 is 0 Å². The van der Waals surface area contributed by atoms with Gasteiger partial charge in [-0.3, -0.25) is 10.9 Å². The maximum absolute atomic E-state index is 13.2. The Morgan fingerprint density at radius 3 is 2.35 bits per heavy atom. The lowest BCUT2D eigenvalue weighted by atomic mass is 9.60. The normalized spacial score (nSPS) is 44.6. The average molecular weight is 575 g/mol. The molecule has 3 heterocycles. The van der Waals surface area contributed by atoms with E-state index in [4.69, 9.17) is 0 Å². The summed E-state index contributed by atoms with van der Waals surface area (Å²) >= 11 is 0. The minimum Gasteiger partial charge on any atom is -0.598 e. The van der Waals surface area contributed by atoms with Gasteiger partial charge in [-0.1, -0.05) is 10.6 Å². The third kappa shape index (κ3) is 6.06. The van der Waals surface area contributed by atoms with E-state index < -0.39 is 10.4 Å². The number of fused-ring (bicyclic) bond motifs is 3. The van der Waals surface area contributed by atoms with Crippen LogP contribution in [0.25, 0.3) is 0 Å². The number of sulfonamides is 1. The number of hydrazine groups is 1. The average Bonchev–Trinajstić information content (AvgIpc) is 3.42. The summed E-state index contributed by atoms with van der Waals surface area (Å²) in [5.74, 6) is 3.71. The molecule has 6 aliphatic rings. The van der Waals surface area contributed by atoms with E-state index in [1.165, 1.54) is 51.4 Å². The summed E-state index contributed by atoms with van der Waals surface area (Å²) in [6, 6.07) is 4.20. The lowest BCUT2D eigenvalue weighted by Gasteiger charge is -2.50. The number of nitrogens with one attached hydrogen (secondary N) is 5. The van der Waals surface area contributed by atoms with Crippen LogP contribution in [0, 0.1) is 52.3 Å². The molecule has 8 nitrogen and oxygen atoms in total. The van der Waals surface area contributed by atoms with E-state index in [2.05, 4.69) is 46.1 Å². The number of hydrogen-bond acceptors (Lipinski definition) is 7. The molecule has 5 N–H and O–H groups in total. The van der Waals surface area contributed by atoms with Crippen LogP contribution in [0.2, 0.25) is 0 Å². The highest BCUT2D eigenvalue weighted by molar-refractivity contribution is 7.96. The highest BCUT2D eigenvalue weighted by atomic mass is 32.3. The second-order valence-corrected chi connectivity index (χ2v) is 17.0. The molecular formula is C31H54N6O2S. The van der Waals surface area contributed by atoms with Gasteiger partial charge in [0.2, 0.25) is 0 Å². The predicted octanol–water partition coefficient (Wildman–Crippen LogP) is 3.64. The van der Waals surface area contributed by atoms with Gasteiger partial charge in [0.15, 0.2) is 0 Å². The molecule has 3 saturated carbocycles. The first-order valence-electron chi connectivity index (χ1n) is 16.6. The van der Waals surface area contributed by atoms with Gasteiger partial charge < -0.3 is 15.2 Å². The standard InChI is InChI=1S/C31H54N6O2S/c1-31(2,19-32)23-11-8-20(9-12-23)30-29-26-15-21(10-13-27(26)34-18-28(29)35-36-30)22-14-24(17-33-16-22)37-40(38,39)25-6-4-3-5-7-25/h20-30,33-36H,3-18H2,1-2H3,(H-,37,38,39). The van der Waals surface area contributed by atoms with Crippen LogP contribution in [-0.4, -0.2) is 53.6 Å². The zero-order chi connectivity index (χ0) is 27.9. The van der Waals surface area contributed by atoms with Crippen molar-refractivity contribution in [2.45, 2.75) is 127 Å². The molecule has 3 aliphatic heterocycles. The van der Waals surface area contributed by atoms with E-state index in [9.17, 15) is 14.0 Å². The monoisotopic (exact) mass is 574 g/mol. The van der Waals surface area contributed by atoms with Crippen molar-refractivity contribution in [2.24, 2.45) is 40.9 Å². The van der Waals surface area contributed by atoms with Gasteiger partial charge in [-0.05, 0) is 133 Å². The first-order valence-corrected chi connectivity index (χ1v) is 18.2. The molecule has 0 bridgehead atoms. The molecule has 0 spiro atoms. The largest absolute Gasteiger partial charge is 0.598 e. The molecule has 0 amide bonds. The zero-order valence-electron chi connectivity index (χ0n) is 24.8. The third-order valence-electron chi connectivity index (χ3n) is 12.3. The van der Waals surface area contributed by atoms with Crippen molar-refractivity contribution in [3.8, 4) is 6.07 Å². The van der Waals surface area contributed by atoms with Gasteiger partial charge in [-0.25, -0.2) is 0 Å². The van der Waals surface area contributed by atoms with Crippen molar-refractivity contribution in [1.82, 2.24) is 26.2 Å². The van der Waals surface area contributed by atoms with Crippen LogP contribution in [-0.2, 0) is 14.6 Å². The molecule has 0 aromatic carbocycles. The summed E-state index contributed by atoms with van der Waals surface area (Å²) in [5, 5.41) is 17.0. The molecule has 9 atom stereocenters. The molecule has 3 saturated heterocycles. The molecule has 3 aliphatic carbocycles. The summed E-state index contributed by atoms with van der Waals surface area (Å²) in [6.45, 7) is 7.06. The predicted molar refractivity (Wildman–Crippen MR) is 158 cm³/mol. The highest BCUT2D eigenvalue weighted by Crippen LogP contribution is 2.48. The Labute approximate surface area is 243 Å². The van der Waals surface area contributed by atoms with Crippen molar-refractivity contribution < 1.29 is 8.76 Å². The fourth-order valence-electron chi connectivity index (χ4n) is 9.87. The van der Waals surface area contributed by atoms with E-state index in [1.54, 1.807) is 0 Å². The lowest BCUT2D eigenvalue weighted by molar-refractivity contribution is 0.0451. The number of piperidine rings is 2. The lowest BCUT2D eigenvalue weighted by Crippen LogP contribution is -2.59. The van der Waals surface area contributed by atoms with E-state index in [-0.39, 0.29) is 16.7 Å². The maximum Gasteiger partial charge on any atom is 0.137 e. The van der Waals surface area contributed by atoms with Crippen LogP contribution in [0.3, 0.4) is 0 Å². The summed E-state index contributed by atoms with van der Waals surface area (Å²) in [6.07, 6.45) is 14.4. The molecule has 0 radical (unpaired) electrons. The number of nitrogens with zero attached hydrogens (tertiary/aromatic N) is 1. The fourth-order valence-corrected chi connectivity index (χ4v) is 11.7. The Bertz CT molecular complexity index is 958. The summed E-state index contributed by atoms with van der Waals surface area (Å²) in [5.41, 5.74) is 7.26. The molecule has 6 rings (SSSR count). The van der Waals surface area contributed by atoms with E-state index in [0.29, 0.717) is 53.6 Å². The van der Waals surface area contributed by atoms with Crippen LogP contribution in [0.5, 0.6) is 0 Å². The van der Waals surface area contributed by atoms with E-state index >= 15 is 0 Å². The summed E-state index contributed by atoms with van der Waals surface area (Å²) in [4.78, 5) is 0. The van der Waals surface area contributed by atoms with Crippen molar-refractivity contribution >= 4 is 10.4 Å². The topological polar surface area (TPSA) is 124 Å². The molecule has 0 aromatic rings. The SMILES string of the molecule is CC(C)(C#N)C1CCC(C2NNC3CNC4CCC(C5CNCC(N[S+](=O)([O-])C6CCCCC6)C5)CC4C32)CC1. The summed E-state index contributed by atoms with van der Waals surface area (Å²) < 4.78 is 29.5. The Morgan fingerprint density at radius 2 is 1.60 bits per heavy atom. The minimum absolute atomic E-state index is 0.0241. The van der Waals surface area contributed by atoms with Crippen LogP contribution in [0.1, 0.15) is 97.3 Å². The highest BCUT2D eigenvalue weighted by Gasteiger charge is 2.52. The second-order valence-electron chi connectivity index (χ2n) is 15.0. The van der Waals surface area contributed by atoms with Gasteiger partial charge in [-0.2, -0.15) is 5.26 Å². The molecule has 9 heteroatoms. The van der Waals surface area contributed by atoms with Crippen LogP contribution in [0.15, 0.2) is 0 Å². The zero-order valence-corrected chi connectivity index (χ0v) is 25.7. The third-order valence-corrected chi connectivity index (χ3v) is 14.3. The van der Waals surface area contributed by atoms with Gasteiger partial charge in [0.05, 0.1) is 17.5 Å². The van der Waals surface area contributed by atoms with Crippen molar-refractivity contribution in [2.75, 3.05) is 19.6 Å². The minimum atomic E-state index is -3.24. The fraction of sp³-hybridized carbons (Fsp3) is 0.968. The smallest absolute Gasteiger partial charge is 0.137 e. The van der Waals surface area contributed by atoms with Gasteiger partial charge in [-0.15, -0.1) is 4.72 Å². The Balaban J connectivity index is 1.08. The Hall–Kier alpha value is -0.600. The van der Waals surface area contributed by atoms with Crippen molar-refractivity contribution in [3.63, 3.8) is 0 Å². The van der Waals surface area contributed by atoms with Gasteiger partial charge in [0.25, 0.3) is 0 Å². The van der Waals surface area contributed by atoms with Gasteiger partial charge in [0.1, 0.15) is 15.6 Å². The quantitative estimate of drug-likeness (QED) is 0.307. The maximum atomic E-state index is 13.2. The first kappa shape index (κ1) is 29.5. The number of nitriles is 1. The van der Waals surface area contributed by atoms with Crippen molar-refractivity contribution in [3.05, 3.63) is 0 Å². The Morgan fingerprint density at radius 1 is 0.850 bits per heavy atom. The Kier molecular flexibility index (Phi) is 8.98. The molecule has 9 unspecified atom stereocenters. The number of hydrogen-bond donors (Lipinski definition) is 5. The number of rotatable bonds is 6. The van der Waals surface area contributed by atoms with Crippen LogP contribution in [0.4, 0.5) is 0 Å². The van der Waals surface area contributed by atoms with E-state index in [0.717, 1.165) is 51.7 Å². The van der Waals surface area contributed by atoms with Gasteiger partial charge in [0, 0.05) is 31.2 Å². The van der Waals surface area contributed by atoms with Crippen molar-refractivity contribution in [1.29, 1.82) is 5.26 Å². The second kappa shape index (κ2) is 12.2. The van der Waals surface area contributed by atoms with Crippen LogP contribution < -0.4 is 26.2 Å². The molecule has 6 fully saturated rings. The molecule has 40 heavy (non-hydrogen) atoms. The molecule has 0 aromatic heterocycles. The van der Waals surface area contributed by atoms with E-state index in [1.807, 2.05) is 0 Å². The summed E-state index contributed by atoms with van der Waals surface area (Å²) in [7, 11) is -3.24. The first-order chi connectivity index (χ1) is 19.2.